The molecule has 1 rings (SSSR count). The van der Waals surface area contributed by atoms with Crippen LogP contribution in [-0.2, 0) is 0 Å². The van der Waals surface area contributed by atoms with Crippen LogP contribution in [0.2, 0.25) is 0 Å². The lowest BCUT2D eigenvalue weighted by Gasteiger charge is -2.04. The van der Waals surface area contributed by atoms with Gasteiger partial charge in [-0.15, -0.1) is 0 Å². The maximum atomic E-state index is 2.45. The van der Waals surface area contributed by atoms with Crippen molar-refractivity contribution in [2.24, 2.45) is 17.8 Å². The maximum Gasteiger partial charge on any atom is -0.0319 e. The van der Waals surface area contributed by atoms with Crippen molar-refractivity contribution in [1.82, 2.24) is 0 Å². The average Bonchev–Trinajstić information content (AvgIpc) is 3.12. The number of rotatable bonds is 12. The van der Waals surface area contributed by atoms with Gasteiger partial charge in [-0.25, -0.2) is 0 Å². The Morgan fingerprint density at radius 1 is 0.947 bits per heavy atom. The number of allylic oxidation sites excluding steroid dienone is 2. The molecule has 1 fully saturated rings. The van der Waals surface area contributed by atoms with Gasteiger partial charge in [0.25, 0.3) is 0 Å². The van der Waals surface area contributed by atoms with Gasteiger partial charge in [-0.2, -0.15) is 0 Å². The predicted molar refractivity (Wildman–Crippen MR) is 87.4 cm³/mol. The van der Waals surface area contributed by atoms with Crippen LogP contribution in [0, 0.1) is 17.8 Å². The topological polar surface area (TPSA) is 0 Å². The van der Waals surface area contributed by atoms with Gasteiger partial charge < -0.3 is 0 Å². The second-order valence-corrected chi connectivity index (χ2v) is 6.99. The molecule has 0 heterocycles. The van der Waals surface area contributed by atoms with Crippen LogP contribution in [0.25, 0.3) is 0 Å². The molecule has 0 radical (unpaired) electrons. The summed E-state index contributed by atoms with van der Waals surface area (Å²) in [5.41, 5.74) is 0. The molecule has 19 heavy (non-hydrogen) atoms. The summed E-state index contributed by atoms with van der Waals surface area (Å²) in [6.45, 7) is 6.94. The first kappa shape index (κ1) is 16.8. The number of unbranched alkanes of at least 4 members (excludes halogenated alkanes) is 5. The van der Waals surface area contributed by atoms with Crippen molar-refractivity contribution in [3.05, 3.63) is 12.2 Å². The molecule has 0 heteroatoms. The van der Waals surface area contributed by atoms with Gasteiger partial charge in [-0.3, -0.25) is 0 Å². The molecular weight excluding hydrogens is 228 g/mol. The van der Waals surface area contributed by atoms with E-state index in [0.717, 1.165) is 17.8 Å². The van der Waals surface area contributed by atoms with Gasteiger partial charge in [0.15, 0.2) is 0 Å². The molecule has 2 atom stereocenters. The highest BCUT2D eigenvalue weighted by molar-refractivity contribution is 4.93. The van der Waals surface area contributed by atoms with Crippen LogP contribution in [0.15, 0.2) is 12.2 Å². The van der Waals surface area contributed by atoms with Gasteiger partial charge in [0.1, 0.15) is 0 Å². The van der Waals surface area contributed by atoms with Crippen LogP contribution >= 0.6 is 0 Å². The third-order valence-corrected chi connectivity index (χ3v) is 4.51. The van der Waals surface area contributed by atoms with E-state index in [4.69, 9.17) is 0 Å². The fourth-order valence-corrected chi connectivity index (χ4v) is 2.98. The number of hydrogen-bond acceptors (Lipinski definition) is 0. The Bertz CT molecular complexity index is 226. The molecular formula is C19H36. The van der Waals surface area contributed by atoms with Crippen LogP contribution in [0.1, 0.15) is 91.4 Å². The predicted octanol–water partition coefficient (Wildman–Crippen LogP) is 6.76. The average molecular weight is 264 g/mol. The zero-order chi connectivity index (χ0) is 13.9. The van der Waals surface area contributed by atoms with Crippen LogP contribution in [0.3, 0.4) is 0 Å². The Morgan fingerprint density at radius 2 is 1.74 bits per heavy atom. The Labute approximate surface area is 122 Å². The highest BCUT2D eigenvalue weighted by Gasteiger charge is 2.34. The van der Waals surface area contributed by atoms with E-state index in [1.54, 1.807) is 0 Å². The molecule has 0 aliphatic heterocycles. The molecule has 1 saturated carbocycles. The summed E-state index contributed by atoms with van der Waals surface area (Å²) < 4.78 is 0. The van der Waals surface area contributed by atoms with Crippen LogP contribution in [0.4, 0.5) is 0 Å². The van der Waals surface area contributed by atoms with Crippen LogP contribution < -0.4 is 0 Å². The van der Waals surface area contributed by atoms with E-state index in [0.29, 0.717) is 0 Å². The van der Waals surface area contributed by atoms with E-state index >= 15 is 0 Å². The highest BCUT2D eigenvalue weighted by atomic mass is 14.4. The largest absolute Gasteiger partial charge is 0.0885 e. The zero-order valence-corrected chi connectivity index (χ0v) is 13.7. The summed E-state index contributed by atoms with van der Waals surface area (Å²) >= 11 is 0. The maximum absolute atomic E-state index is 2.45. The Hall–Kier alpha value is -0.260. The smallest absolute Gasteiger partial charge is 0.0319 e. The Morgan fingerprint density at radius 3 is 2.47 bits per heavy atom. The van der Waals surface area contributed by atoms with Crippen LogP contribution in [0.5, 0.6) is 0 Å². The van der Waals surface area contributed by atoms with Gasteiger partial charge >= 0.3 is 0 Å². The zero-order valence-electron chi connectivity index (χ0n) is 13.7. The fraction of sp³-hybridized carbons (Fsp3) is 0.895. The number of hydrogen-bond donors (Lipinski definition) is 0. The van der Waals surface area contributed by atoms with Gasteiger partial charge in [0.2, 0.25) is 0 Å². The quantitative estimate of drug-likeness (QED) is 0.270. The van der Waals surface area contributed by atoms with Crippen molar-refractivity contribution in [2.45, 2.75) is 91.4 Å². The second-order valence-electron chi connectivity index (χ2n) is 6.99. The molecule has 1 aliphatic rings. The normalized spacial score (nSPS) is 22.5. The van der Waals surface area contributed by atoms with E-state index in [-0.39, 0.29) is 0 Å². The lowest BCUT2D eigenvalue weighted by Crippen LogP contribution is -1.88. The summed E-state index contributed by atoms with van der Waals surface area (Å²) in [4.78, 5) is 0. The molecule has 0 N–H and O–H groups in total. The van der Waals surface area contributed by atoms with Gasteiger partial charge in [0, 0.05) is 0 Å². The minimum atomic E-state index is 0.896. The minimum absolute atomic E-state index is 0.896. The van der Waals surface area contributed by atoms with Crippen LogP contribution in [-0.4, -0.2) is 0 Å². The van der Waals surface area contributed by atoms with E-state index in [1.807, 2.05) is 0 Å². The van der Waals surface area contributed by atoms with Crippen molar-refractivity contribution in [3.63, 3.8) is 0 Å². The first-order valence-electron chi connectivity index (χ1n) is 8.89. The standard InChI is InChI=1S/C19H36/c1-4-5-6-7-11-14-18-16-19(18)15-12-9-8-10-13-17(2)3/h7,11,17-19H,4-6,8-10,12-16H2,1-3H3. The van der Waals surface area contributed by atoms with E-state index in [2.05, 4.69) is 32.9 Å². The monoisotopic (exact) mass is 264 g/mol. The SMILES string of the molecule is CCCCC=CCC1CC1CCCCCCC(C)C. The summed E-state index contributed by atoms with van der Waals surface area (Å²) in [7, 11) is 0. The molecule has 0 bridgehead atoms. The summed E-state index contributed by atoms with van der Waals surface area (Å²) in [6, 6.07) is 0. The van der Waals surface area contributed by atoms with Gasteiger partial charge in [-0.05, 0) is 37.0 Å². The first-order valence-corrected chi connectivity index (χ1v) is 8.89. The van der Waals surface area contributed by atoms with Crippen molar-refractivity contribution in [2.75, 3.05) is 0 Å². The molecule has 2 unspecified atom stereocenters. The van der Waals surface area contributed by atoms with E-state index < -0.39 is 0 Å². The molecule has 112 valence electrons. The van der Waals surface area contributed by atoms with Crippen molar-refractivity contribution in [1.29, 1.82) is 0 Å². The third kappa shape index (κ3) is 9.30. The summed E-state index contributed by atoms with van der Waals surface area (Å²) in [5, 5.41) is 0. The van der Waals surface area contributed by atoms with Crippen molar-refractivity contribution in [3.8, 4) is 0 Å². The summed E-state index contributed by atoms with van der Waals surface area (Å²) in [6.07, 6.45) is 20.5. The third-order valence-electron chi connectivity index (χ3n) is 4.51. The van der Waals surface area contributed by atoms with E-state index in [1.165, 1.54) is 70.6 Å². The second kappa shape index (κ2) is 10.5. The fourth-order valence-electron chi connectivity index (χ4n) is 2.98. The first-order chi connectivity index (χ1) is 9.24. The Kier molecular flexibility index (Phi) is 9.30. The van der Waals surface area contributed by atoms with Gasteiger partial charge in [-0.1, -0.05) is 84.3 Å². The van der Waals surface area contributed by atoms with Crippen molar-refractivity contribution < 1.29 is 0 Å². The summed E-state index contributed by atoms with van der Waals surface area (Å²) in [5.74, 6) is 3.03. The lowest BCUT2D eigenvalue weighted by molar-refractivity contribution is 0.503. The van der Waals surface area contributed by atoms with Crippen molar-refractivity contribution >= 4 is 0 Å². The molecule has 0 nitrogen and oxygen atoms in total. The van der Waals surface area contributed by atoms with Gasteiger partial charge in [0.05, 0.1) is 0 Å². The molecule has 0 saturated heterocycles. The lowest BCUT2D eigenvalue weighted by atomic mass is 10.0. The molecule has 0 aromatic carbocycles. The molecule has 0 aromatic heterocycles. The Balaban J connectivity index is 1.84. The minimum Gasteiger partial charge on any atom is -0.0885 e. The molecule has 0 amide bonds. The highest BCUT2D eigenvalue weighted by Crippen LogP contribution is 2.45. The van der Waals surface area contributed by atoms with E-state index in [9.17, 15) is 0 Å². The molecule has 0 spiro atoms. The molecule has 1 aliphatic carbocycles. The molecule has 0 aromatic rings.